The summed E-state index contributed by atoms with van der Waals surface area (Å²) in [6.07, 6.45) is -7.96. The third kappa shape index (κ3) is 4.55. The first-order chi connectivity index (χ1) is 20.1. The number of fused-ring (bicyclic) bond motifs is 3. The molecule has 4 aliphatic rings. The fraction of sp³-hybridized carbons (Fsp3) is 0.267. The van der Waals surface area contributed by atoms with Crippen molar-refractivity contribution in [1.29, 1.82) is 0 Å². The van der Waals surface area contributed by atoms with Crippen molar-refractivity contribution in [3.05, 3.63) is 92.5 Å². The van der Waals surface area contributed by atoms with Gasteiger partial charge in [-0.15, -0.1) is 0 Å². The molecule has 2 amide bonds. The van der Waals surface area contributed by atoms with Crippen LogP contribution < -0.4 is 4.90 Å². The Hall–Kier alpha value is -4.00. The maximum atomic E-state index is 13.9. The average molecular weight is 666 g/mol. The SMILES string of the molecule is O=C1C=C(Br)C(=O)C2=C1C(c1ccccc1O)C1=CCC3C(=O)N(c4cc(C(F)(F)F)cc(C(F)(F)F)c4)C(=O)C3C1C2. The van der Waals surface area contributed by atoms with E-state index in [1.165, 1.54) is 6.07 Å². The molecular formula is C30H18BrF6NO5. The van der Waals surface area contributed by atoms with Gasteiger partial charge in [0.1, 0.15) is 5.75 Å². The van der Waals surface area contributed by atoms with Gasteiger partial charge in [0.25, 0.3) is 0 Å². The summed E-state index contributed by atoms with van der Waals surface area (Å²) in [5.74, 6) is -7.50. The predicted molar refractivity (Wildman–Crippen MR) is 142 cm³/mol. The second kappa shape index (κ2) is 9.76. The molecule has 1 fully saturated rings. The fourth-order valence-electron chi connectivity index (χ4n) is 6.62. The lowest BCUT2D eigenvalue weighted by molar-refractivity contribution is -0.143. The van der Waals surface area contributed by atoms with Crippen LogP contribution in [0.15, 0.2) is 75.8 Å². The summed E-state index contributed by atoms with van der Waals surface area (Å²) >= 11 is 3.08. The maximum absolute atomic E-state index is 13.9. The number of ketones is 2. The average Bonchev–Trinajstić information content (AvgIpc) is 3.19. The molecule has 0 saturated carbocycles. The lowest BCUT2D eigenvalue weighted by atomic mass is 9.59. The molecule has 2 aromatic rings. The summed E-state index contributed by atoms with van der Waals surface area (Å²) in [7, 11) is 0. The first-order valence-electron chi connectivity index (χ1n) is 12.9. The number of rotatable bonds is 2. The highest BCUT2D eigenvalue weighted by Crippen LogP contribution is 2.56. The van der Waals surface area contributed by atoms with Crippen molar-refractivity contribution in [3.8, 4) is 5.75 Å². The molecule has 0 spiro atoms. The first-order valence-corrected chi connectivity index (χ1v) is 13.7. The molecule has 0 aromatic heterocycles. The Morgan fingerprint density at radius 3 is 2.09 bits per heavy atom. The number of hydrogen-bond acceptors (Lipinski definition) is 5. The number of amides is 2. The number of halogens is 7. The van der Waals surface area contributed by atoms with Gasteiger partial charge in [-0.3, -0.25) is 19.2 Å². The minimum Gasteiger partial charge on any atom is -0.508 e. The van der Waals surface area contributed by atoms with E-state index in [1.54, 1.807) is 24.3 Å². The minimum absolute atomic E-state index is 0.0360. The molecular weight excluding hydrogens is 648 g/mol. The number of allylic oxidation sites excluding steroid dienone is 6. The van der Waals surface area contributed by atoms with Crippen LogP contribution in [0.1, 0.15) is 35.4 Å². The highest BCUT2D eigenvalue weighted by Gasteiger charge is 2.57. The summed E-state index contributed by atoms with van der Waals surface area (Å²) < 4.78 is 81.4. The number of Topliss-reactive ketones (excluding diaryl/α,β-unsaturated/α-hetero) is 1. The number of carbonyl (C=O) groups excluding carboxylic acids is 4. The van der Waals surface area contributed by atoms with E-state index < -0.39 is 76.2 Å². The molecule has 4 atom stereocenters. The number of aromatic hydroxyl groups is 1. The molecule has 1 N–H and O–H groups in total. The van der Waals surface area contributed by atoms with E-state index in [9.17, 15) is 50.6 Å². The number of carbonyl (C=O) groups is 4. The zero-order valence-electron chi connectivity index (χ0n) is 21.6. The lowest BCUT2D eigenvalue weighted by Gasteiger charge is -2.42. The Morgan fingerprint density at radius 1 is 0.860 bits per heavy atom. The topological polar surface area (TPSA) is 91.8 Å². The molecule has 1 aliphatic heterocycles. The van der Waals surface area contributed by atoms with Gasteiger partial charge in [0.15, 0.2) is 11.6 Å². The standard InChI is InChI=1S/C30H18BrF6NO5/c31-20-11-22(40)25-19(26(20)41)10-18-15(23(25)16-3-1-2-4-21(16)39)5-6-17-24(18)28(43)38(27(17)42)14-8-12(29(32,33)34)7-13(9-14)30(35,36)37/h1-5,7-9,11,17-18,23-24,39H,6,10H2. The third-order valence-corrected chi connectivity index (χ3v) is 9.00. The van der Waals surface area contributed by atoms with Gasteiger partial charge in [-0.1, -0.05) is 29.8 Å². The second-order valence-corrected chi connectivity index (χ2v) is 11.6. The molecule has 13 heteroatoms. The number of nitrogens with zero attached hydrogens (tertiary/aromatic N) is 1. The largest absolute Gasteiger partial charge is 0.508 e. The van der Waals surface area contributed by atoms with E-state index >= 15 is 0 Å². The zero-order chi connectivity index (χ0) is 31.2. The number of alkyl halides is 6. The van der Waals surface area contributed by atoms with Crippen LogP contribution in [0.25, 0.3) is 0 Å². The highest BCUT2D eigenvalue weighted by atomic mass is 79.9. The van der Waals surface area contributed by atoms with E-state index in [1.807, 2.05) is 0 Å². The van der Waals surface area contributed by atoms with Gasteiger partial charge < -0.3 is 5.11 Å². The van der Waals surface area contributed by atoms with Crippen molar-refractivity contribution < 1.29 is 50.6 Å². The number of phenols is 1. The first kappa shape index (κ1) is 29.1. The molecule has 6 nitrogen and oxygen atoms in total. The summed E-state index contributed by atoms with van der Waals surface area (Å²) in [5.41, 5.74) is -3.36. The van der Waals surface area contributed by atoms with E-state index in [-0.39, 0.29) is 45.8 Å². The van der Waals surface area contributed by atoms with Gasteiger partial charge in [-0.05, 0) is 59.0 Å². The Bertz CT molecular complexity index is 1700. The zero-order valence-corrected chi connectivity index (χ0v) is 23.2. The van der Waals surface area contributed by atoms with Crippen molar-refractivity contribution in [2.45, 2.75) is 31.1 Å². The molecule has 4 unspecified atom stereocenters. The molecule has 3 aliphatic carbocycles. The van der Waals surface area contributed by atoms with Crippen LogP contribution >= 0.6 is 15.9 Å². The highest BCUT2D eigenvalue weighted by molar-refractivity contribution is 9.12. The number of anilines is 1. The quantitative estimate of drug-likeness (QED) is 0.174. The van der Waals surface area contributed by atoms with Gasteiger partial charge >= 0.3 is 12.4 Å². The Morgan fingerprint density at radius 2 is 1.49 bits per heavy atom. The molecule has 1 heterocycles. The van der Waals surface area contributed by atoms with Crippen LogP contribution in [-0.4, -0.2) is 28.5 Å². The number of para-hydroxylation sites is 1. The van der Waals surface area contributed by atoms with Crippen molar-refractivity contribution in [2.24, 2.45) is 17.8 Å². The van der Waals surface area contributed by atoms with Crippen LogP contribution in [0.2, 0.25) is 0 Å². The number of benzene rings is 2. The number of hydrogen-bond donors (Lipinski definition) is 1. The van der Waals surface area contributed by atoms with Crippen molar-refractivity contribution in [1.82, 2.24) is 0 Å². The van der Waals surface area contributed by atoms with Gasteiger partial charge in [-0.25, -0.2) is 4.90 Å². The molecule has 2 aromatic carbocycles. The number of imide groups is 1. The Balaban J connectivity index is 1.48. The van der Waals surface area contributed by atoms with E-state index in [0.717, 1.165) is 6.08 Å². The van der Waals surface area contributed by atoms with Crippen molar-refractivity contribution in [3.63, 3.8) is 0 Å². The van der Waals surface area contributed by atoms with Gasteiger partial charge in [0, 0.05) is 28.7 Å². The molecule has 1 saturated heterocycles. The van der Waals surface area contributed by atoms with Gasteiger partial charge in [0.05, 0.1) is 33.1 Å². The van der Waals surface area contributed by atoms with Crippen LogP contribution in [0.5, 0.6) is 5.75 Å². The van der Waals surface area contributed by atoms with Gasteiger partial charge in [-0.2, -0.15) is 26.3 Å². The number of phenolic OH excluding ortho intramolecular Hbond substituents is 1. The van der Waals surface area contributed by atoms with Crippen LogP contribution in [-0.2, 0) is 31.5 Å². The summed E-state index contributed by atoms with van der Waals surface area (Å²) in [4.78, 5) is 54.2. The fourth-order valence-corrected chi connectivity index (χ4v) is 7.06. The normalized spacial score (nSPS) is 25.8. The molecule has 6 rings (SSSR count). The lowest BCUT2D eigenvalue weighted by Crippen LogP contribution is -2.39. The van der Waals surface area contributed by atoms with Crippen LogP contribution in [0.4, 0.5) is 32.0 Å². The molecule has 222 valence electrons. The Kier molecular flexibility index (Phi) is 6.60. The second-order valence-electron chi connectivity index (χ2n) is 10.7. The predicted octanol–water partition coefficient (Wildman–Crippen LogP) is 6.40. The molecule has 0 radical (unpaired) electrons. The van der Waals surface area contributed by atoms with E-state index in [0.29, 0.717) is 22.6 Å². The summed E-state index contributed by atoms with van der Waals surface area (Å²) in [6.45, 7) is 0. The van der Waals surface area contributed by atoms with Crippen LogP contribution in [0, 0.1) is 17.8 Å². The smallest absolute Gasteiger partial charge is 0.416 e. The monoisotopic (exact) mass is 665 g/mol. The van der Waals surface area contributed by atoms with Crippen molar-refractivity contribution >= 4 is 45.0 Å². The summed E-state index contributed by atoms with van der Waals surface area (Å²) in [6, 6.07) is 6.63. The molecule has 0 bridgehead atoms. The molecule has 43 heavy (non-hydrogen) atoms. The van der Waals surface area contributed by atoms with Gasteiger partial charge in [0.2, 0.25) is 11.8 Å². The Labute approximate surface area is 247 Å². The van der Waals surface area contributed by atoms with E-state index in [4.69, 9.17) is 0 Å². The van der Waals surface area contributed by atoms with Crippen LogP contribution in [0.3, 0.4) is 0 Å². The maximum Gasteiger partial charge on any atom is 0.416 e. The third-order valence-electron chi connectivity index (χ3n) is 8.41. The summed E-state index contributed by atoms with van der Waals surface area (Å²) in [5, 5.41) is 10.7. The van der Waals surface area contributed by atoms with E-state index in [2.05, 4.69) is 15.9 Å². The van der Waals surface area contributed by atoms with Crippen molar-refractivity contribution in [2.75, 3.05) is 4.90 Å². The minimum atomic E-state index is -5.20.